The van der Waals surface area contributed by atoms with Crippen LogP contribution < -0.4 is 15.4 Å². The summed E-state index contributed by atoms with van der Waals surface area (Å²) < 4.78 is 6.89. The number of ether oxygens (including phenoxy) is 1. The van der Waals surface area contributed by atoms with Gasteiger partial charge in [-0.25, -0.2) is 0 Å². The quantitative estimate of drug-likeness (QED) is 0.563. The first-order chi connectivity index (χ1) is 14.1. The van der Waals surface area contributed by atoms with Gasteiger partial charge in [-0.1, -0.05) is 46.3 Å². The highest BCUT2D eigenvalue weighted by atomic mass is 79.9. The van der Waals surface area contributed by atoms with Crippen LogP contribution in [0.4, 0.5) is 11.4 Å². The van der Waals surface area contributed by atoms with E-state index in [-0.39, 0.29) is 11.8 Å². The van der Waals surface area contributed by atoms with Crippen molar-refractivity contribution in [2.45, 2.75) is 19.4 Å². The van der Waals surface area contributed by atoms with E-state index in [1.54, 1.807) is 18.2 Å². The van der Waals surface area contributed by atoms with Crippen LogP contribution >= 0.6 is 15.9 Å². The van der Waals surface area contributed by atoms with E-state index >= 15 is 0 Å². The van der Waals surface area contributed by atoms with Gasteiger partial charge in [0.25, 0.3) is 5.91 Å². The average Bonchev–Trinajstić information content (AvgIpc) is 2.73. The Bertz CT molecular complexity index is 1080. The Kier molecular flexibility index (Phi) is 5.62. The fourth-order valence-electron chi connectivity index (χ4n) is 3.21. The molecule has 0 bridgehead atoms. The number of rotatable bonds is 5. The van der Waals surface area contributed by atoms with E-state index in [9.17, 15) is 9.59 Å². The molecule has 6 heteroatoms. The molecule has 0 spiro atoms. The van der Waals surface area contributed by atoms with Crippen LogP contribution in [-0.2, 0) is 17.8 Å². The number of anilines is 2. The monoisotopic (exact) mass is 450 g/mol. The zero-order valence-corrected chi connectivity index (χ0v) is 17.2. The smallest absolute Gasteiger partial charge is 0.259 e. The summed E-state index contributed by atoms with van der Waals surface area (Å²) in [6.07, 6.45) is 1.12. The molecule has 29 heavy (non-hydrogen) atoms. The fourth-order valence-corrected chi connectivity index (χ4v) is 3.61. The molecule has 0 saturated heterocycles. The summed E-state index contributed by atoms with van der Waals surface area (Å²) in [5, 5.41) is 5.77. The van der Waals surface area contributed by atoms with Gasteiger partial charge in [0.05, 0.1) is 5.56 Å². The number of carbonyl (C=O) groups excluding carboxylic acids is 2. The van der Waals surface area contributed by atoms with Gasteiger partial charge in [-0.2, -0.15) is 0 Å². The van der Waals surface area contributed by atoms with Crippen LogP contribution in [-0.4, -0.2) is 11.8 Å². The van der Waals surface area contributed by atoms with Crippen molar-refractivity contribution < 1.29 is 14.3 Å². The topological polar surface area (TPSA) is 67.4 Å². The van der Waals surface area contributed by atoms with Crippen molar-refractivity contribution in [2.24, 2.45) is 0 Å². The maximum absolute atomic E-state index is 12.9. The molecule has 1 aliphatic rings. The normalized spacial score (nSPS) is 12.7. The van der Waals surface area contributed by atoms with Crippen LogP contribution in [0.1, 0.15) is 27.9 Å². The molecule has 1 aliphatic heterocycles. The predicted molar refractivity (Wildman–Crippen MR) is 116 cm³/mol. The minimum Gasteiger partial charge on any atom is -0.488 e. The fraction of sp³-hybridized carbons (Fsp3) is 0.130. The molecule has 2 N–H and O–H groups in total. The molecule has 3 aromatic carbocycles. The SMILES string of the molecule is O=C1CCc2cc(NC(=O)c3ccccc3OCc3ccccc3Br)ccc2N1. The molecular formula is C23H19BrN2O3. The van der Waals surface area contributed by atoms with Crippen LogP contribution in [0.5, 0.6) is 5.75 Å². The number of amides is 2. The van der Waals surface area contributed by atoms with Gasteiger partial charge in [-0.15, -0.1) is 0 Å². The maximum atomic E-state index is 12.9. The van der Waals surface area contributed by atoms with Crippen molar-refractivity contribution in [3.63, 3.8) is 0 Å². The third kappa shape index (κ3) is 4.49. The number of halogens is 1. The van der Waals surface area contributed by atoms with E-state index in [4.69, 9.17) is 4.74 Å². The zero-order chi connectivity index (χ0) is 20.2. The number of aryl methyl sites for hydroxylation is 1. The molecule has 0 aliphatic carbocycles. The number of nitrogens with one attached hydrogen (secondary N) is 2. The average molecular weight is 451 g/mol. The molecule has 0 atom stereocenters. The van der Waals surface area contributed by atoms with E-state index in [1.165, 1.54) is 0 Å². The van der Waals surface area contributed by atoms with Crippen LogP contribution in [0.3, 0.4) is 0 Å². The van der Waals surface area contributed by atoms with Crippen LogP contribution in [0.2, 0.25) is 0 Å². The lowest BCUT2D eigenvalue weighted by molar-refractivity contribution is -0.116. The molecule has 0 fully saturated rings. The van der Waals surface area contributed by atoms with Crippen molar-refractivity contribution in [1.29, 1.82) is 0 Å². The summed E-state index contributed by atoms with van der Waals surface area (Å²) in [6, 6.07) is 20.5. The largest absolute Gasteiger partial charge is 0.488 e. The van der Waals surface area contributed by atoms with Gasteiger partial charge in [0.15, 0.2) is 0 Å². The second kappa shape index (κ2) is 8.49. The first kappa shape index (κ1) is 19.2. The van der Waals surface area contributed by atoms with Gasteiger partial charge in [0, 0.05) is 27.8 Å². The molecule has 4 rings (SSSR count). The second-order valence-electron chi connectivity index (χ2n) is 6.75. The molecule has 0 unspecified atom stereocenters. The minimum absolute atomic E-state index is 0.0189. The molecule has 2 amide bonds. The molecule has 146 valence electrons. The second-order valence-corrected chi connectivity index (χ2v) is 7.60. The minimum atomic E-state index is -0.243. The van der Waals surface area contributed by atoms with Crippen molar-refractivity contribution in [3.05, 3.63) is 87.9 Å². The number of para-hydroxylation sites is 1. The Morgan fingerprint density at radius 2 is 1.83 bits per heavy atom. The summed E-state index contributed by atoms with van der Waals surface area (Å²) in [7, 11) is 0. The molecule has 5 nitrogen and oxygen atoms in total. The van der Waals surface area contributed by atoms with E-state index in [0.717, 1.165) is 21.3 Å². The van der Waals surface area contributed by atoms with Gasteiger partial charge in [-0.3, -0.25) is 9.59 Å². The molecule has 0 aromatic heterocycles. The Labute approximate surface area is 177 Å². The van der Waals surface area contributed by atoms with Crippen LogP contribution in [0.25, 0.3) is 0 Å². The van der Waals surface area contributed by atoms with Gasteiger partial charge < -0.3 is 15.4 Å². The summed E-state index contributed by atoms with van der Waals surface area (Å²) in [5.41, 5.74) is 3.97. The summed E-state index contributed by atoms with van der Waals surface area (Å²) >= 11 is 3.51. The van der Waals surface area contributed by atoms with Crippen molar-refractivity contribution in [3.8, 4) is 5.75 Å². The lowest BCUT2D eigenvalue weighted by Crippen LogP contribution is -2.19. The van der Waals surface area contributed by atoms with Crippen LogP contribution in [0.15, 0.2) is 71.2 Å². The van der Waals surface area contributed by atoms with E-state index in [0.29, 0.717) is 36.4 Å². The number of hydrogen-bond donors (Lipinski definition) is 2. The molecular weight excluding hydrogens is 432 g/mol. The summed E-state index contributed by atoms with van der Waals surface area (Å²) in [4.78, 5) is 24.4. The molecule has 1 heterocycles. The Morgan fingerprint density at radius 3 is 2.69 bits per heavy atom. The molecule has 0 radical (unpaired) electrons. The maximum Gasteiger partial charge on any atom is 0.259 e. The number of hydrogen-bond acceptors (Lipinski definition) is 3. The lowest BCUT2D eigenvalue weighted by atomic mass is 10.0. The lowest BCUT2D eigenvalue weighted by Gasteiger charge is -2.18. The first-order valence-corrected chi connectivity index (χ1v) is 10.1. The van der Waals surface area contributed by atoms with Gasteiger partial charge >= 0.3 is 0 Å². The van der Waals surface area contributed by atoms with Crippen LogP contribution in [0, 0.1) is 0 Å². The predicted octanol–water partition coefficient (Wildman–Crippen LogP) is 5.17. The third-order valence-electron chi connectivity index (χ3n) is 4.73. The van der Waals surface area contributed by atoms with Crippen molar-refractivity contribution in [2.75, 3.05) is 10.6 Å². The highest BCUT2D eigenvalue weighted by Gasteiger charge is 2.17. The van der Waals surface area contributed by atoms with Crippen molar-refractivity contribution in [1.82, 2.24) is 0 Å². The Balaban J connectivity index is 1.49. The molecule has 3 aromatic rings. The van der Waals surface area contributed by atoms with E-state index in [2.05, 4.69) is 26.6 Å². The Hall–Kier alpha value is -3.12. The Morgan fingerprint density at radius 1 is 1.03 bits per heavy atom. The van der Waals surface area contributed by atoms with Gasteiger partial charge in [0.2, 0.25) is 5.91 Å². The number of benzene rings is 3. The highest BCUT2D eigenvalue weighted by Crippen LogP contribution is 2.27. The third-order valence-corrected chi connectivity index (χ3v) is 5.50. The van der Waals surface area contributed by atoms with E-state index in [1.807, 2.05) is 48.5 Å². The zero-order valence-electron chi connectivity index (χ0n) is 15.6. The number of carbonyl (C=O) groups is 2. The summed E-state index contributed by atoms with van der Waals surface area (Å²) in [6.45, 7) is 0.351. The number of fused-ring (bicyclic) bond motifs is 1. The summed E-state index contributed by atoms with van der Waals surface area (Å²) in [5.74, 6) is 0.295. The van der Waals surface area contributed by atoms with E-state index < -0.39 is 0 Å². The van der Waals surface area contributed by atoms with Gasteiger partial charge in [-0.05, 0) is 48.4 Å². The van der Waals surface area contributed by atoms with Crippen molar-refractivity contribution >= 4 is 39.1 Å². The highest BCUT2D eigenvalue weighted by molar-refractivity contribution is 9.10. The molecule has 0 saturated carbocycles. The standard InChI is InChI=1S/C23H19BrN2O3/c24-19-7-3-1-5-16(19)14-29-21-8-4-2-6-18(21)23(28)25-17-10-11-20-15(13-17)9-12-22(27)26-20/h1-8,10-11,13H,9,12,14H2,(H,25,28)(H,26,27). The van der Waals surface area contributed by atoms with Gasteiger partial charge in [0.1, 0.15) is 12.4 Å². The first-order valence-electron chi connectivity index (χ1n) is 9.29.